The highest BCUT2D eigenvalue weighted by Gasteiger charge is 2.15. The molecule has 0 spiro atoms. The molecule has 0 aliphatic carbocycles. The topological polar surface area (TPSA) is 66.0 Å². The zero-order chi connectivity index (χ0) is 14.2. The van der Waals surface area contributed by atoms with Gasteiger partial charge in [0.15, 0.2) is 0 Å². The number of rotatable bonds is 2. The molecule has 0 saturated carbocycles. The van der Waals surface area contributed by atoms with Crippen molar-refractivity contribution < 1.29 is 9.50 Å². The normalized spacial score (nSPS) is 11.0. The van der Waals surface area contributed by atoms with Crippen LogP contribution in [0, 0.1) is 5.82 Å². The van der Waals surface area contributed by atoms with Gasteiger partial charge in [-0.2, -0.15) is 4.98 Å². The van der Waals surface area contributed by atoms with E-state index >= 15 is 0 Å². The van der Waals surface area contributed by atoms with Gasteiger partial charge in [0, 0.05) is 5.56 Å². The quantitative estimate of drug-likeness (QED) is 0.890. The van der Waals surface area contributed by atoms with Crippen LogP contribution in [0.5, 0.6) is 5.88 Å². The second-order valence-electron chi connectivity index (χ2n) is 4.44. The fraction of sp³-hybridized carbons (Fsp3) is 0.231. The number of benzene rings is 1. The van der Waals surface area contributed by atoms with Crippen LogP contribution in [0.1, 0.15) is 25.3 Å². The number of aromatic amines is 1. The number of nitrogens with zero attached hydrogens (tertiary/aromatic N) is 1. The lowest BCUT2D eigenvalue weighted by atomic mass is 10.1. The van der Waals surface area contributed by atoms with Crippen molar-refractivity contribution in [1.82, 2.24) is 9.97 Å². The van der Waals surface area contributed by atoms with Crippen molar-refractivity contribution in [2.75, 3.05) is 0 Å². The Morgan fingerprint density at radius 1 is 1.42 bits per heavy atom. The molecule has 0 fully saturated rings. The molecule has 0 radical (unpaired) electrons. The Balaban J connectivity index is 2.58. The maximum Gasteiger partial charge on any atom is 0.258 e. The van der Waals surface area contributed by atoms with Crippen molar-refractivity contribution in [2.24, 2.45) is 0 Å². The van der Waals surface area contributed by atoms with Crippen molar-refractivity contribution in [3.8, 4) is 17.3 Å². The molecule has 0 aliphatic rings. The van der Waals surface area contributed by atoms with Crippen LogP contribution in [0.3, 0.4) is 0 Å². The minimum atomic E-state index is -0.616. The molecule has 100 valence electrons. The van der Waals surface area contributed by atoms with E-state index in [1.807, 2.05) is 0 Å². The Bertz CT molecular complexity index is 683. The average Bonchev–Trinajstić information content (AvgIpc) is 2.31. The number of H-pyrrole nitrogens is 1. The van der Waals surface area contributed by atoms with Gasteiger partial charge >= 0.3 is 0 Å². The summed E-state index contributed by atoms with van der Waals surface area (Å²) in [5.74, 6) is -1.02. The molecular weight excluding hydrogens is 271 g/mol. The smallest absolute Gasteiger partial charge is 0.258 e. The van der Waals surface area contributed by atoms with Gasteiger partial charge in [-0.1, -0.05) is 25.4 Å². The first-order chi connectivity index (χ1) is 8.90. The Kier molecular flexibility index (Phi) is 3.57. The first-order valence-corrected chi connectivity index (χ1v) is 6.06. The second kappa shape index (κ2) is 5.01. The summed E-state index contributed by atoms with van der Waals surface area (Å²) in [5.41, 5.74) is 0.107. The summed E-state index contributed by atoms with van der Waals surface area (Å²) < 4.78 is 13.4. The lowest BCUT2D eigenvalue weighted by molar-refractivity contribution is 0.440. The summed E-state index contributed by atoms with van der Waals surface area (Å²) in [5, 5.41) is 9.76. The van der Waals surface area contributed by atoms with Crippen LogP contribution in [0.15, 0.2) is 23.0 Å². The largest absolute Gasteiger partial charge is 0.493 e. The second-order valence-corrected chi connectivity index (χ2v) is 4.84. The minimum Gasteiger partial charge on any atom is -0.493 e. The van der Waals surface area contributed by atoms with Crippen molar-refractivity contribution in [3.63, 3.8) is 0 Å². The fourth-order valence-electron chi connectivity index (χ4n) is 1.77. The molecule has 0 amide bonds. The fourth-order valence-corrected chi connectivity index (χ4v) is 1.89. The van der Waals surface area contributed by atoms with Crippen LogP contribution >= 0.6 is 11.6 Å². The van der Waals surface area contributed by atoms with Gasteiger partial charge in [0.05, 0.1) is 10.6 Å². The number of hydrogen-bond acceptors (Lipinski definition) is 3. The van der Waals surface area contributed by atoms with Crippen molar-refractivity contribution in [2.45, 2.75) is 19.8 Å². The average molecular weight is 283 g/mol. The van der Waals surface area contributed by atoms with Crippen LogP contribution in [-0.4, -0.2) is 15.1 Å². The summed E-state index contributed by atoms with van der Waals surface area (Å²) in [4.78, 5) is 18.3. The molecular formula is C13H12ClFN2O2. The number of nitrogens with one attached hydrogen (secondary N) is 1. The summed E-state index contributed by atoms with van der Waals surface area (Å²) >= 11 is 5.58. The predicted octanol–water partition coefficient (Wildman–Crippen LogP) is 3.06. The van der Waals surface area contributed by atoms with Gasteiger partial charge in [-0.3, -0.25) is 4.79 Å². The maximum atomic E-state index is 13.4. The predicted molar refractivity (Wildman–Crippen MR) is 71.0 cm³/mol. The molecule has 1 heterocycles. The van der Waals surface area contributed by atoms with Crippen LogP contribution in [0.25, 0.3) is 11.4 Å². The third-order valence-corrected chi connectivity index (χ3v) is 3.01. The summed E-state index contributed by atoms with van der Waals surface area (Å²) in [6.45, 7) is 3.54. The molecule has 2 rings (SSSR count). The molecule has 1 aromatic carbocycles. The maximum absolute atomic E-state index is 13.4. The van der Waals surface area contributed by atoms with Crippen molar-refractivity contribution in [1.29, 1.82) is 0 Å². The lowest BCUT2D eigenvalue weighted by Gasteiger charge is -2.08. The van der Waals surface area contributed by atoms with Gasteiger partial charge in [0.1, 0.15) is 11.6 Å². The van der Waals surface area contributed by atoms with Gasteiger partial charge in [0.2, 0.25) is 5.88 Å². The minimum absolute atomic E-state index is 0.0193. The van der Waals surface area contributed by atoms with E-state index in [0.29, 0.717) is 5.56 Å². The molecule has 0 atom stereocenters. The van der Waals surface area contributed by atoms with Crippen molar-refractivity contribution in [3.05, 3.63) is 45.0 Å². The zero-order valence-electron chi connectivity index (χ0n) is 10.4. The molecule has 2 N–H and O–H groups in total. The SMILES string of the molecule is CC(C)c1c(O)nc(-c2ccc(Cl)c(F)c2)[nH]c1=O. The molecule has 0 saturated heterocycles. The molecule has 0 aliphatic heterocycles. The van der Waals surface area contributed by atoms with E-state index in [1.165, 1.54) is 12.1 Å². The molecule has 0 unspecified atom stereocenters. The molecule has 2 aromatic rings. The van der Waals surface area contributed by atoms with E-state index < -0.39 is 11.4 Å². The highest BCUT2D eigenvalue weighted by Crippen LogP contribution is 2.24. The number of aromatic nitrogens is 2. The van der Waals surface area contributed by atoms with Crippen LogP contribution in [-0.2, 0) is 0 Å². The van der Waals surface area contributed by atoms with Gasteiger partial charge in [-0.15, -0.1) is 0 Å². The van der Waals surface area contributed by atoms with E-state index in [9.17, 15) is 14.3 Å². The number of hydrogen-bond donors (Lipinski definition) is 2. The molecule has 4 nitrogen and oxygen atoms in total. The van der Waals surface area contributed by atoms with E-state index in [0.717, 1.165) is 6.07 Å². The van der Waals surface area contributed by atoms with Crippen LogP contribution in [0.2, 0.25) is 5.02 Å². The highest BCUT2D eigenvalue weighted by atomic mass is 35.5. The Hall–Kier alpha value is -1.88. The van der Waals surface area contributed by atoms with Gasteiger partial charge in [-0.25, -0.2) is 4.39 Å². The monoisotopic (exact) mass is 282 g/mol. The first-order valence-electron chi connectivity index (χ1n) is 5.68. The highest BCUT2D eigenvalue weighted by molar-refractivity contribution is 6.30. The van der Waals surface area contributed by atoms with Crippen molar-refractivity contribution >= 4 is 11.6 Å². The Morgan fingerprint density at radius 2 is 2.11 bits per heavy atom. The van der Waals surface area contributed by atoms with Crippen LogP contribution < -0.4 is 5.56 Å². The molecule has 1 aromatic heterocycles. The standard InChI is InChI=1S/C13H12ClFN2O2/c1-6(2)10-12(18)16-11(17-13(10)19)7-3-4-8(14)9(15)5-7/h3-6H,1-2H3,(H2,16,17,18,19). The number of halogens is 2. The Labute approximate surface area is 113 Å². The van der Waals surface area contributed by atoms with E-state index in [2.05, 4.69) is 9.97 Å². The van der Waals surface area contributed by atoms with E-state index in [1.54, 1.807) is 13.8 Å². The van der Waals surface area contributed by atoms with E-state index in [-0.39, 0.29) is 28.2 Å². The lowest BCUT2D eigenvalue weighted by Crippen LogP contribution is -2.16. The molecule has 0 bridgehead atoms. The third kappa shape index (κ3) is 2.61. The summed E-state index contributed by atoms with van der Waals surface area (Å²) in [6.07, 6.45) is 0. The van der Waals surface area contributed by atoms with E-state index in [4.69, 9.17) is 11.6 Å². The van der Waals surface area contributed by atoms with Crippen LogP contribution in [0.4, 0.5) is 4.39 Å². The zero-order valence-corrected chi connectivity index (χ0v) is 11.1. The van der Waals surface area contributed by atoms with Gasteiger partial charge in [-0.05, 0) is 24.1 Å². The number of aromatic hydroxyl groups is 1. The molecule has 6 heteroatoms. The summed E-state index contributed by atoms with van der Waals surface area (Å²) in [6, 6.07) is 4.02. The molecule has 19 heavy (non-hydrogen) atoms. The summed E-state index contributed by atoms with van der Waals surface area (Å²) in [7, 11) is 0. The Morgan fingerprint density at radius 3 is 2.63 bits per heavy atom. The first kappa shape index (κ1) is 13.5. The van der Waals surface area contributed by atoms with Gasteiger partial charge < -0.3 is 10.1 Å². The van der Waals surface area contributed by atoms with Gasteiger partial charge in [0.25, 0.3) is 5.56 Å². The third-order valence-electron chi connectivity index (χ3n) is 2.71.